The average Bonchev–Trinajstić information content (AvgIpc) is 3.47. The number of amides is 2. The van der Waals surface area contributed by atoms with Crippen LogP contribution in [0.15, 0.2) is 30.3 Å². The predicted molar refractivity (Wildman–Crippen MR) is 143 cm³/mol. The molecule has 0 aliphatic carbocycles. The van der Waals surface area contributed by atoms with Crippen LogP contribution in [0.1, 0.15) is 59.6 Å². The van der Waals surface area contributed by atoms with Crippen molar-refractivity contribution in [3.05, 3.63) is 52.0 Å². The molecule has 37 heavy (non-hydrogen) atoms. The molecule has 1 aliphatic heterocycles. The Balaban J connectivity index is 1.50. The van der Waals surface area contributed by atoms with Crippen LogP contribution < -0.4 is 24.4 Å². The normalized spacial score (nSPS) is 15.1. The van der Waals surface area contributed by atoms with Crippen LogP contribution in [0.2, 0.25) is 0 Å². The van der Waals surface area contributed by atoms with Crippen LogP contribution in [0.4, 0.5) is 10.8 Å². The summed E-state index contributed by atoms with van der Waals surface area (Å²) in [7, 11) is 0. The number of nitrogens with zero attached hydrogens (tertiary/aromatic N) is 3. The molecule has 0 radical (unpaired) electrons. The molecule has 1 N–H and O–H groups in total. The van der Waals surface area contributed by atoms with E-state index in [-0.39, 0.29) is 17.7 Å². The lowest BCUT2D eigenvalue weighted by atomic mass is 10.1. The van der Waals surface area contributed by atoms with Gasteiger partial charge in [0.15, 0.2) is 11.5 Å². The van der Waals surface area contributed by atoms with Crippen LogP contribution in [0.25, 0.3) is 0 Å². The molecular formula is C27H32N4O5S. The number of ether oxygens (including phenoxy) is 3. The molecule has 196 valence electrons. The first-order chi connectivity index (χ1) is 17.8. The highest BCUT2D eigenvalue weighted by atomic mass is 32.1. The van der Waals surface area contributed by atoms with E-state index in [0.29, 0.717) is 65.7 Å². The van der Waals surface area contributed by atoms with E-state index in [2.05, 4.69) is 21.6 Å². The molecule has 1 aliphatic rings. The summed E-state index contributed by atoms with van der Waals surface area (Å²) in [5.41, 5.74) is 3.47. The second kappa shape index (κ2) is 11.6. The summed E-state index contributed by atoms with van der Waals surface area (Å²) in [6, 6.07) is 9.38. The molecule has 1 unspecified atom stereocenters. The molecule has 1 fully saturated rings. The lowest BCUT2D eigenvalue weighted by Gasteiger charge is -2.17. The van der Waals surface area contributed by atoms with E-state index in [1.165, 1.54) is 11.3 Å². The summed E-state index contributed by atoms with van der Waals surface area (Å²) in [5, 5.41) is 12.3. The van der Waals surface area contributed by atoms with Gasteiger partial charge in [0, 0.05) is 30.1 Å². The van der Waals surface area contributed by atoms with E-state index < -0.39 is 0 Å². The third kappa shape index (κ3) is 6.02. The second-order valence-electron chi connectivity index (χ2n) is 8.75. The molecule has 9 nitrogen and oxygen atoms in total. The summed E-state index contributed by atoms with van der Waals surface area (Å²) < 4.78 is 17.1. The van der Waals surface area contributed by atoms with Gasteiger partial charge in [-0.25, -0.2) is 0 Å². The van der Waals surface area contributed by atoms with E-state index in [4.69, 9.17) is 14.2 Å². The fourth-order valence-electron chi connectivity index (χ4n) is 4.37. The van der Waals surface area contributed by atoms with Crippen LogP contribution in [0.3, 0.4) is 0 Å². The first kappa shape index (κ1) is 26.4. The molecule has 0 saturated carbocycles. The lowest BCUT2D eigenvalue weighted by molar-refractivity contribution is -0.117. The number of benzene rings is 2. The Morgan fingerprint density at radius 1 is 0.973 bits per heavy atom. The first-order valence-corrected chi connectivity index (χ1v) is 13.2. The van der Waals surface area contributed by atoms with Crippen molar-refractivity contribution in [2.75, 3.05) is 36.6 Å². The molecule has 1 atom stereocenters. The van der Waals surface area contributed by atoms with Crippen molar-refractivity contribution >= 4 is 34.0 Å². The number of rotatable bonds is 10. The van der Waals surface area contributed by atoms with Crippen LogP contribution in [-0.2, 0) is 4.79 Å². The van der Waals surface area contributed by atoms with E-state index in [1.54, 1.807) is 17.0 Å². The van der Waals surface area contributed by atoms with Crippen molar-refractivity contribution in [3.8, 4) is 17.2 Å². The smallest absolute Gasteiger partial charge is 0.257 e. The third-order valence-corrected chi connectivity index (χ3v) is 6.83. The van der Waals surface area contributed by atoms with Crippen LogP contribution in [-0.4, -0.2) is 48.4 Å². The van der Waals surface area contributed by atoms with Gasteiger partial charge in [-0.15, -0.1) is 10.2 Å². The average molecular weight is 525 g/mol. The fraction of sp³-hybridized carbons (Fsp3) is 0.407. The van der Waals surface area contributed by atoms with E-state index >= 15 is 0 Å². The van der Waals surface area contributed by atoms with Gasteiger partial charge in [-0.05, 0) is 70.0 Å². The second-order valence-corrected chi connectivity index (χ2v) is 9.76. The Morgan fingerprint density at radius 2 is 1.59 bits per heavy atom. The molecule has 2 aromatic carbocycles. The van der Waals surface area contributed by atoms with E-state index in [0.717, 1.165) is 16.8 Å². The van der Waals surface area contributed by atoms with E-state index in [1.807, 2.05) is 46.8 Å². The van der Waals surface area contributed by atoms with Crippen LogP contribution >= 0.6 is 11.3 Å². The molecule has 0 spiro atoms. The zero-order chi connectivity index (χ0) is 26.5. The Kier molecular flexibility index (Phi) is 8.27. The Hall–Kier alpha value is -3.66. The van der Waals surface area contributed by atoms with Gasteiger partial charge in [0.25, 0.3) is 5.91 Å². The van der Waals surface area contributed by atoms with Crippen molar-refractivity contribution in [2.45, 2.75) is 47.0 Å². The summed E-state index contributed by atoms with van der Waals surface area (Å²) in [6.45, 7) is 11.4. The van der Waals surface area contributed by atoms with Gasteiger partial charge in [0.2, 0.25) is 16.8 Å². The molecule has 2 amide bonds. The van der Waals surface area contributed by atoms with Gasteiger partial charge in [-0.2, -0.15) is 0 Å². The number of hydrogen-bond donors (Lipinski definition) is 1. The summed E-state index contributed by atoms with van der Waals surface area (Å²) >= 11 is 1.28. The van der Waals surface area contributed by atoms with Crippen LogP contribution in [0, 0.1) is 13.8 Å². The Morgan fingerprint density at radius 3 is 2.19 bits per heavy atom. The van der Waals surface area contributed by atoms with Crippen molar-refractivity contribution in [1.29, 1.82) is 0 Å². The minimum Gasteiger partial charge on any atom is -0.490 e. The number of hydrogen-bond acceptors (Lipinski definition) is 8. The molecule has 3 aromatic rings. The Labute approximate surface area is 220 Å². The zero-order valence-corrected chi connectivity index (χ0v) is 22.6. The van der Waals surface area contributed by atoms with Crippen molar-refractivity contribution < 1.29 is 23.8 Å². The Bertz CT molecular complexity index is 1240. The van der Waals surface area contributed by atoms with Crippen molar-refractivity contribution in [3.63, 3.8) is 0 Å². The third-order valence-electron chi connectivity index (χ3n) is 5.82. The minimum atomic E-state index is -0.369. The molecule has 0 bridgehead atoms. The quantitative estimate of drug-likeness (QED) is 0.392. The van der Waals surface area contributed by atoms with Gasteiger partial charge in [0.1, 0.15) is 5.01 Å². The maximum atomic E-state index is 13.1. The number of aryl methyl sites for hydroxylation is 2. The predicted octanol–water partition coefficient (Wildman–Crippen LogP) is 5.12. The maximum absolute atomic E-state index is 13.1. The van der Waals surface area contributed by atoms with Crippen molar-refractivity contribution in [1.82, 2.24) is 10.2 Å². The van der Waals surface area contributed by atoms with Gasteiger partial charge in [-0.1, -0.05) is 17.4 Å². The first-order valence-electron chi connectivity index (χ1n) is 12.4. The molecule has 10 heteroatoms. The molecule has 1 aromatic heterocycles. The summed E-state index contributed by atoms with van der Waals surface area (Å²) in [6.07, 6.45) is 0.351. The van der Waals surface area contributed by atoms with E-state index in [9.17, 15) is 9.59 Å². The monoisotopic (exact) mass is 524 g/mol. The SMILES string of the molecule is CCOc1cc(C(=O)Nc2nnc(C3CC(=O)N(c4cc(C)cc(C)c4)C3)s2)cc(OCC)c1OCC. The number of carbonyl (C=O) groups is 2. The highest BCUT2D eigenvalue weighted by Gasteiger charge is 2.34. The maximum Gasteiger partial charge on any atom is 0.257 e. The van der Waals surface area contributed by atoms with Gasteiger partial charge >= 0.3 is 0 Å². The molecule has 2 heterocycles. The zero-order valence-electron chi connectivity index (χ0n) is 21.8. The summed E-state index contributed by atoms with van der Waals surface area (Å²) in [4.78, 5) is 27.7. The van der Waals surface area contributed by atoms with Gasteiger partial charge in [0.05, 0.1) is 19.8 Å². The topological polar surface area (TPSA) is 103 Å². The number of anilines is 2. The number of nitrogens with one attached hydrogen (secondary N) is 1. The fourth-order valence-corrected chi connectivity index (χ4v) is 5.20. The molecule has 4 rings (SSSR count). The lowest BCUT2D eigenvalue weighted by Crippen LogP contribution is -2.24. The van der Waals surface area contributed by atoms with Gasteiger partial charge in [-0.3, -0.25) is 14.9 Å². The minimum absolute atomic E-state index is 0.0529. The highest BCUT2D eigenvalue weighted by molar-refractivity contribution is 7.15. The summed E-state index contributed by atoms with van der Waals surface area (Å²) in [5.74, 6) is 0.948. The van der Waals surface area contributed by atoms with Gasteiger partial charge < -0.3 is 19.1 Å². The molecule has 1 saturated heterocycles. The highest BCUT2D eigenvalue weighted by Crippen LogP contribution is 2.40. The molecular weight excluding hydrogens is 492 g/mol. The number of aromatic nitrogens is 2. The van der Waals surface area contributed by atoms with Crippen LogP contribution in [0.5, 0.6) is 17.2 Å². The standard InChI is InChI=1S/C27H32N4O5S/c1-6-34-21-12-18(13-22(35-7-2)24(21)36-8-3)25(33)28-27-30-29-26(37-27)19-14-23(32)31(15-19)20-10-16(4)9-17(5)11-20/h9-13,19H,6-8,14-15H2,1-5H3,(H,28,30,33). The largest absolute Gasteiger partial charge is 0.490 e. The van der Waals surface area contributed by atoms with Crippen molar-refractivity contribution in [2.24, 2.45) is 0 Å². The number of carbonyl (C=O) groups excluding carboxylic acids is 2.